The van der Waals surface area contributed by atoms with Crippen LogP contribution in [0.4, 0.5) is 0 Å². The van der Waals surface area contributed by atoms with Crippen molar-refractivity contribution in [2.75, 3.05) is 0 Å². The summed E-state index contributed by atoms with van der Waals surface area (Å²) >= 11 is 6.20. The van der Waals surface area contributed by atoms with Crippen molar-refractivity contribution in [1.82, 2.24) is 19.3 Å². The van der Waals surface area contributed by atoms with Crippen LogP contribution >= 0.6 is 23.6 Å². The molecule has 0 amide bonds. The number of thiophene rings is 1. The number of nitrogens with zero attached hydrogens (tertiary/aromatic N) is 3. The van der Waals surface area contributed by atoms with E-state index in [1.807, 2.05) is 0 Å². The number of rotatable bonds is 2. The first-order chi connectivity index (χ1) is 9.90. The van der Waals surface area contributed by atoms with Gasteiger partial charge in [-0.2, -0.15) is 5.10 Å². The second kappa shape index (κ2) is 4.64. The number of carboxylic acid groups (broad SMARTS) is 1. The van der Waals surface area contributed by atoms with Crippen molar-refractivity contribution < 1.29 is 9.90 Å². The molecule has 0 atom stereocenters. The Bertz CT molecular complexity index is 992. The van der Waals surface area contributed by atoms with Gasteiger partial charge in [0.15, 0.2) is 10.6 Å². The molecule has 0 aliphatic heterocycles. The molecule has 0 aliphatic rings. The van der Waals surface area contributed by atoms with Crippen molar-refractivity contribution in [2.45, 2.75) is 6.92 Å². The molecule has 0 aliphatic carbocycles. The molecule has 3 heterocycles. The molecule has 108 valence electrons. The van der Waals surface area contributed by atoms with E-state index in [0.29, 0.717) is 21.6 Å². The molecule has 3 rings (SSSR count). The first-order valence-corrected chi connectivity index (χ1v) is 7.14. The minimum Gasteiger partial charge on any atom is -0.477 e. The van der Waals surface area contributed by atoms with Crippen LogP contribution < -0.4 is 5.56 Å². The van der Waals surface area contributed by atoms with E-state index >= 15 is 0 Å². The third-order valence-electron chi connectivity index (χ3n) is 3.11. The van der Waals surface area contributed by atoms with E-state index in [1.165, 1.54) is 4.57 Å². The molecular weight excluding hydrogens is 312 g/mol. The van der Waals surface area contributed by atoms with Crippen molar-refractivity contribution in [3.8, 4) is 5.82 Å². The third kappa shape index (κ3) is 2.01. The summed E-state index contributed by atoms with van der Waals surface area (Å²) in [5, 5.41) is 13.7. The number of aromatic amines is 1. The zero-order chi connectivity index (χ0) is 15.3. The van der Waals surface area contributed by atoms with Crippen LogP contribution in [0.3, 0.4) is 0 Å². The topological polar surface area (TPSA) is 92.9 Å². The van der Waals surface area contributed by atoms with E-state index in [9.17, 15) is 9.59 Å². The molecule has 0 unspecified atom stereocenters. The number of nitrogens with one attached hydrogen (secondary N) is 1. The number of carboxylic acids is 1. The lowest BCUT2D eigenvalue weighted by Crippen LogP contribution is -2.21. The Hall–Kier alpha value is -2.26. The number of aromatic carboxylic acids is 1. The predicted molar refractivity (Wildman–Crippen MR) is 81.1 cm³/mol. The summed E-state index contributed by atoms with van der Waals surface area (Å²) < 4.78 is 3.01. The van der Waals surface area contributed by atoms with Crippen molar-refractivity contribution in [2.24, 2.45) is 7.05 Å². The summed E-state index contributed by atoms with van der Waals surface area (Å²) in [6, 6.07) is 1.66. The maximum Gasteiger partial charge on any atom is 0.346 e. The number of hydrogen-bond donors (Lipinski definition) is 2. The SMILES string of the molecule is Cc1c(C(=O)O)sc2[nH]c(=S)n(-c3ccn(C)n3)c(=O)c12. The van der Waals surface area contributed by atoms with E-state index in [4.69, 9.17) is 17.3 Å². The molecule has 0 radical (unpaired) electrons. The van der Waals surface area contributed by atoms with Crippen LogP contribution in [0.2, 0.25) is 0 Å². The highest BCUT2D eigenvalue weighted by molar-refractivity contribution is 7.71. The summed E-state index contributed by atoms with van der Waals surface area (Å²) in [6.45, 7) is 1.61. The van der Waals surface area contributed by atoms with Crippen LogP contribution in [-0.2, 0) is 7.05 Å². The van der Waals surface area contributed by atoms with Gasteiger partial charge < -0.3 is 10.1 Å². The number of H-pyrrole nitrogens is 1. The fourth-order valence-electron chi connectivity index (χ4n) is 2.15. The first-order valence-electron chi connectivity index (χ1n) is 5.92. The van der Waals surface area contributed by atoms with Crippen LogP contribution in [-0.4, -0.2) is 30.4 Å². The zero-order valence-corrected chi connectivity index (χ0v) is 12.7. The van der Waals surface area contributed by atoms with Crippen molar-refractivity contribution in [3.05, 3.63) is 37.8 Å². The molecule has 7 nitrogen and oxygen atoms in total. The number of aryl methyl sites for hydroxylation is 2. The average Bonchev–Trinajstić information content (AvgIpc) is 2.94. The second-order valence-electron chi connectivity index (χ2n) is 4.48. The summed E-state index contributed by atoms with van der Waals surface area (Å²) in [5.74, 6) is -0.662. The Balaban J connectivity index is 2.44. The summed E-state index contributed by atoms with van der Waals surface area (Å²) in [6.07, 6.45) is 1.70. The van der Waals surface area contributed by atoms with Gasteiger partial charge in [-0.1, -0.05) is 0 Å². The molecule has 0 aromatic carbocycles. The molecular formula is C12H10N4O3S2. The maximum atomic E-state index is 12.7. The largest absolute Gasteiger partial charge is 0.477 e. The van der Waals surface area contributed by atoms with E-state index in [0.717, 1.165) is 11.3 Å². The Morgan fingerprint density at radius 1 is 1.52 bits per heavy atom. The van der Waals surface area contributed by atoms with Gasteiger partial charge in [0.1, 0.15) is 9.71 Å². The summed E-state index contributed by atoms with van der Waals surface area (Å²) in [7, 11) is 1.73. The van der Waals surface area contributed by atoms with Gasteiger partial charge >= 0.3 is 5.97 Å². The lowest BCUT2D eigenvalue weighted by molar-refractivity contribution is 0.0701. The highest BCUT2D eigenvalue weighted by Gasteiger charge is 2.19. The zero-order valence-electron chi connectivity index (χ0n) is 11.1. The first kappa shape index (κ1) is 13.7. The van der Waals surface area contributed by atoms with Crippen molar-refractivity contribution >= 4 is 39.7 Å². The van der Waals surface area contributed by atoms with Gasteiger partial charge in [-0.3, -0.25) is 9.48 Å². The maximum absolute atomic E-state index is 12.7. The average molecular weight is 322 g/mol. The van der Waals surface area contributed by atoms with Gasteiger partial charge in [-0.05, 0) is 24.7 Å². The van der Waals surface area contributed by atoms with E-state index in [-0.39, 0.29) is 15.2 Å². The third-order valence-corrected chi connectivity index (χ3v) is 4.59. The fraction of sp³-hybridized carbons (Fsp3) is 0.167. The lowest BCUT2D eigenvalue weighted by Gasteiger charge is -2.02. The molecule has 3 aromatic rings. The molecule has 2 N–H and O–H groups in total. The smallest absolute Gasteiger partial charge is 0.346 e. The Morgan fingerprint density at radius 2 is 2.24 bits per heavy atom. The molecule has 0 fully saturated rings. The molecule has 0 bridgehead atoms. The van der Waals surface area contributed by atoms with E-state index < -0.39 is 5.97 Å². The summed E-state index contributed by atoms with van der Waals surface area (Å²) in [4.78, 5) is 27.4. The Morgan fingerprint density at radius 3 is 2.81 bits per heavy atom. The van der Waals surface area contributed by atoms with Crippen LogP contribution in [0, 0.1) is 11.7 Å². The van der Waals surface area contributed by atoms with E-state index in [1.54, 1.807) is 30.9 Å². The lowest BCUT2D eigenvalue weighted by atomic mass is 10.2. The molecule has 9 heteroatoms. The standard InChI is InChI=1S/C12H10N4O3S2/c1-5-7-9(21-8(5)11(18)19)13-12(20)16(10(7)17)6-3-4-15(2)14-6/h3-4H,1-2H3,(H,13,20)(H,18,19). The quantitative estimate of drug-likeness (QED) is 0.702. The molecule has 0 saturated carbocycles. The van der Waals surface area contributed by atoms with E-state index in [2.05, 4.69) is 10.1 Å². The molecule has 3 aromatic heterocycles. The van der Waals surface area contributed by atoms with Crippen LogP contribution in [0.15, 0.2) is 17.1 Å². The number of carbonyl (C=O) groups is 1. The second-order valence-corrected chi connectivity index (χ2v) is 5.89. The van der Waals surface area contributed by atoms with Gasteiger partial charge in [0.2, 0.25) is 0 Å². The van der Waals surface area contributed by atoms with Crippen molar-refractivity contribution in [1.29, 1.82) is 0 Å². The number of aromatic nitrogens is 4. The van der Waals surface area contributed by atoms with Gasteiger partial charge in [0, 0.05) is 19.3 Å². The van der Waals surface area contributed by atoms with Crippen LogP contribution in [0.25, 0.3) is 16.0 Å². The van der Waals surface area contributed by atoms with Gasteiger partial charge in [-0.15, -0.1) is 11.3 Å². The minimum absolute atomic E-state index is 0.131. The molecule has 0 spiro atoms. The van der Waals surface area contributed by atoms with Gasteiger partial charge in [0.25, 0.3) is 5.56 Å². The number of fused-ring (bicyclic) bond motifs is 1. The fourth-order valence-corrected chi connectivity index (χ4v) is 3.53. The molecule has 0 saturated heterocycles. The minimum atomic E-state index is -1.06. The van der Waals surface area contributed by atoms with Gasteiger partial charge in [-0.25, -0.2) is 9.36 Å². The predicted octanol–water partition coefficient (Wildman–Crippen LogP) is 1.85. The van der Waals surface area contributed by atoms with Crippen LogP contribution in [0.5, 0.6) is 0 Å². The number of hydrogen-bond acceptors (Lipinski definition) is 5. The van der Waals surface area contributed by atoms with Crippen molar-refractivity contribution in [3.63, 3.8) is 0 Å². The Labute approximate surface area is 127 Å². The van der Waals surface area contributed by atoms with Gasteiger partial charge in [0.05, 0.1) is 5.39 Å². The highest BCUT2D eigenvalue weighted by Crippen LogP contribution is 2.27. The normalized spacial score (nSPS) is 11.1. The summed E-state index contributed by atoms with van der Waals surface area (Å²) in [5.41, 5.74) is 0.0668. The molecule has 21 heavy (non-hydrogen) atoms. The monoisotopic (exact) mass is 322 g/mol. The highest BCUT2D eigenvalue weighted by atomic mass is 32.1. The Kier molecular flexibility index (Phi) is 3.03. The van der Waals surface area contributed by atoms with Crippen LogP contribution in [0.1, 0.15) is 15.2 Å².